The highest BCUT2D eigenvalue weighted by Gasteiger charge is 2.46. The SMILES string of the molecule is CC/C=C/C/C=C/C/C=C/C/C=C/CCCCCCCCCCCCC(=O)OCC(CO[C@H]1O[C@H](CS(=O)(=O)O)[C@@H](O)C(O)C1O)OC(=O)CC/C=C/C/C=C/CCCCCCCC. The molecule has 0 amide bonds. The number of allylic oxidation sites excluding steroid dienone is 12. The first kappa shape index (κ1) is 59.1. The van der Waals surface area contributed by atoms with Crippen molar-refractivity contribution in [3.05, 3.63) is 72.9 Å². The highest BCUT2D eigenvalue weighted by molar-refractivity contribution is 7.85. The highest BCUT2D eigenvalue weighted by atomic mass is 32.2. The van der Waals surface area contributed by atoms with Gasteiger partial charge in [-0.05, 0) is 70.6 Å². The molecule has 0 spiro atoms. The minimum absolute atomic E-state index is 0.0546. The zero-order valence-corrected chi connectivity index (χ0v) is 40.2. The van der Waals surface area contributed by atoms with Crippen LogP contribution in [0.3, 0.4) is 0 Å². The van der Waals surface area contributed by atoms with Gasteiger partial charge in [0.1, 0.15) is 36.8 Å². The molecule has 0 aromatic rings. The fraction of sp³-hybridized carbons (Fsp3) is 0.725. The number of aliphatic hydroxyl groups is 3. The van der Waals surface area contributed by atoms with Crippen LogP contribution in [0.4, 0.5) is 0 Å². The lowest BCUT2D eigenvalue weighted by molar-refractivity contribution is -0.297. The molecule has 3 unspecified atom stereocenters. The van der Waals surface area contributed by atoms with E-state index in [1.54, 1.807) is 0 Å². The van der Waals surface area contributed by atoms with Crippen LogP contribution in [0.2, 0.25) is 0 Å². The average Bonchev–Trinajstić information content (AvgIpc) is 3.26. The molecule has 1 saturated heterocycles. The van der Waals surface area contributed by atoms with Gasteiger partial charge in [0.2, 0.25) is 0 Å². The molecule has 1 heterocycles. The van der Waals surface area contributed by atoms with Gasteiger partial charge in [0.05, 0.1) is 6.61 Å². The van der Waals surface area contributed by atoms with Crippen LogP contribution in [0, 0.1) is 0 Å². The Morgan fingerprint density at radius 2 is 1.02 bits per heavy atom. The van der Waals surface area contributed by atoms with Crippen molar-refractivity contribution in [3.63, 3.8) is 0 Å². The molecule has 12 nitrogen and oxygen atoms in total. The van der Waals surface area contributed by atoms with Gasteiger partial charge in [0, 0.05) is 12.8 Å². The minimum atomic E-state index is -4.61. The maximum Gasteiger partial charge on any atom is 0.306 e. The molecule has 0 bridgehead atoms. The Kier molecular flexibility index (Phi) is 37.3. The molecule has 1 fully saturated rings. The third-order valence-electron chi connectivity index (χ3n) is 10.8. The molecule has 64 heavy (non-hydrogen) atoms. The number of esters is 2. The number of hydrogen-bond acceptors (Lipinski definition) is 11. The quantitative estimate of drug-likeness (QED) is 0.0198. The first-order valence-corrected chi connectivity index (χ1v) is 26.1. The molecule has 368 valence electrons. The van der Waals surface area contributed by atoms with Crippen molar-refractivity contribution in [1.29, 1.82) is 0 Å². The van der Waals surface area contributed by atoms with E-state index in [1.807, 2.05) is 12.2 Å². The molecule has 1 aliphatic heterocycles. The molecule has 0 saturated carbocycles. The van der Waals surface area contributed by atoms with E-state index in [2.05, 4.69) is 74.6 Å². The van der Waals surface area contributed by atoms with Gasteiger partial charge in [-0.3, -0.25) is 14.1 Å². The molecule has 1 aliphatic rings. The number of aliphatic hydroxyl groups excluding tert-OH is 3. The zero-order valence-electron chi connectivity index (χ0n) is 39.4. The van der Waals surface area contributed by atoms with Crippen molar-refractivity contribution in [2.45, 2.75) is 218 Å². The molecule has 13 heteroatoms. The van der Waals surface area contributed by atoms with Crippen LogP contribution in [-0.4, -0.2) is 96.0 Å². The van der Waals surface area contributed by atoms with Crippen LogP contribution in [0.5, 0.6) is 0 Å². The van der Waals surface area contributed by atoms with Gasteiger partial charge in [-0.15, -0.1) is 0 Å². The monoisotopic (exact) mass is 923 g/mol. The van der Waals surface area contributed by atoms with Crippen LogP contribution >= 0.6 is 0 Å². The smallest absolute Gasteiger partial charge is 0.306 e. The van der Waals surface area contributed by atoms with Crippen molar-refractivity contribution >= 4 is 22.1 Å². The largest absolute Gasteiger partial charge is 0.462 e. The Labute approximate surface area is 387 Å². The van der Waals surface area contributed by atoms with E-state index < -0.39 is 71.2 Å². The second kappa shape index (κ2) is 40.4. The second-order valence-corrected chi connectivity index (χ2v) is 18.2. The average molecular weight is 923 g/mol. The van der Waals surface area contributed by atoms with Gasteiger partial charge in [-0.25, -0.2) is 0 Å². The lowest BCUT2D eigenvalue weighted by Gasteiger charge is -2.40. The minimum Gasteiger partial charge on any atom is -0.462 e. The molecule has 1 rings (SSSR count). The summed E-state index contributed by atoms with van der Waals surface area (Å²) in [5.41, 5.74) is 0. The van der Waals surface area contributed by atoms with E-state index in [4.69, 9.17) is 18.9 Å². The molecular weight excluding hydrogens is 837 g/mol. The topological polar surface area (TPSA) is 186 Å². The molecule has 6 atom stereocenters. The van der Waals surface area contributed by atoms with Crippen molar-refractivity contribution in [2.75, 3.05) is 19.0 Å². The third kappa shape index (κ3) is 34.4. The van der Waals surface area contributed by atoms with Crippen LogP contribution < -0.4 is 0 Å². The first-order chi connectivity index (χ1) is 31.0. The molecule has 0 aromatic carbocycles. The van der Waals surface area contributed by atoms with Gasteiger partial charge < -0.3 is 34.3 Å². The summed E-state index contributed by atoms with van der Waals surface area (Å²) in [5, 5.41) is 30.9. The number of ether oxygens (including phenoxy) is 4. The summed E-state index contributed by atoms with van der Waals surface area (Å²) in [6.07, 6.45) is 42.5. The van der Waals surface area contributed by atoms with E-state index in [1.165, 1.54) is 77.0 Å². The number of carbonyl (C=O) groups excluding carboxylic acids is 2. The highest BCUT2D eigenvalue weighted by Crippen LogP contribution is 2.24. The van der Waals surface area contributed by atoms with Crippen molar-refractivity contribution in [2.24, 2.45) is 0 Å². The maximum atomic E-state index is 12.8. The van der Waals surface area contributed by atoms with E-state index in [0.717, 1.165) is 64.2 Å². The van der Waals surface area contributed by atoms with Gasteiger partial charge >= 0.3 is 11.9 Å². The molecule has 0 aliphatic carbocycles. The van der Waals surface area contributed by atoms with Gasteiger partial charge in [-0.2, -0.15) is 8.42 Å². The van der Waals surface area contributed by atoms with E-state index in [-0.39, 0.29) is 19.4 Å². The fourth-order valence-corrected chi connectivity index (χ4v) is 7.71. The number of hydrogen-bond donors (Lipinski definition) is 4. The lowest BCUT2D eigenvalue weighted by atomic mass is 10.00. The Hall–Kier alpha value is -2.91. The Morgan fingerprint density at radius 3 is 1.53 bits per heavy atom. The first-order valence-electron chi connectivity index (χ1n) is 24.5. The predicted molar refractivity (Wildman–Crippen MR) is 256 cm³/mol. The molecule has 0 radical (unpaired) electrons. The Bertz CT molecular complexity index is 1450. The number of carbonyl (C=O) groups is 2. The fourth-order valence-electron chi connectivity index (χ4n) is 7.01. The van der Waals surface area contributed by atoms with Crippen LogP contribution in [-0.2, 0) is 38.7 Å². The Balaban J connectivity index is 2.38. The zero-order chi connectivity index (χ0) is 46.9. The number of unbranched alkanes of at least 4 members (excludes halogenated alkanes) is 16. The van der Waals surface area contributed by atoms with Gasteiger partial charge in [0.15, 0.2) is 12.4 Å². The number of rotatable bonds is 40. The van der Waals surface area contributed by atoms with Crippen LogP contribution in [0.15, 0.2) is 72.9 Å². The van der Waals surface area contributed by atoms with E-state index in [0.29, 0.717) is 12.8 Å². The van der Waals surface area contributed by atoms with Crippen LogP contribution in [0.25, 0.3) is 0 Å². The summed E-state index contributed by atoms with van der Waals surface area (Å²) in [7, 11) is -4.61. The van der Waals surface area contributed by atoms with E-state index >= 15 is 0 Å². The molecule has 0 aromatic heterocycles. The summed E-state index contributed by atoms with van der Waals surface area (Å²) in [6, 6.07) is 0. The van der Waals surface area contributed by atoms with Crippen molar-refractivity contribution < 1.29 is 56.8 Å². The molecular formula is C51H86O12S. The van der Waals surface area contributed by atoms with Gasteiger partial charge in [0.25, 0.3) is 10.1 Å². The van der Waals surface area contributed by atoms with Crippen molar-refractivity contribution in [3.8, 4) is 0 Å². The third-order valence-corrected chi connectivity index (χ3v) is 11.5. The Morgan fingerprint density at radius 1 is 0.547 bits per heavy atom. The lowest BCUT2D eigenvalue weighted by Crippen LogP contribution is -2.60. The van der Waals surface area contributed by atoms with Crippen molar-refractivity contribution in [1.82, 2.24) is 0 Å². The molecule has 4 N–H and O–H groups in total. The van der Waals surface area contributed by atoms with Crippen LogP contribution in [0.1, 0.15) is 181 Å². The summed E-state index contributed by atoms with van der Waals surface area (Å²) < 4.78 is 54.0. The second-order valence-electron chi connectivity index (χ2n) is 16.7. The summed E-state index contributed by atoms with van der Waals surface area (Å²) in [4.78, 5) is 25.4. The van der Waals surface area contributed by atoms with Gasteiger partial charge in [-0.1, -0.05) is 170 Å². The standard InChI is InChI=1S/C51H86O12S/c1-3-5-7-9-11-13-15-17-18-19-20-21-22-23-24-25-26-28-29-31-33-35-37-39-46(52)60-41-44(42-61-51-50(56)49(55)48(54)45(63-51)43-64(57,58)59)62-47(53)40-38-36-34-32-30-27-16-14-12-10-8-6-4-2/h5,7,11,13,17-18,20-21,27,30,34,36,44-45,48-51,54-56H,3-4,6,8-10,12,14-16,19,22-26,28-29,31-33,35,37-43H2,1-2H3,(H,57,58,59)/b7-5+,13-11+,18-17+,21-20+,30-27+,36-34+/t44?,45-,48-,49?,50?,51+/m1/s1. The summed E-state index contributed by atoms with van der Waals surface area (Å²) >= 11 is 0. The van der Waals surface area contributed by atoms with E-state index in [9.17, 15) is 37.9 Å². The normalized spacial score (nSPS) is 20.2. The summed E-state index contributed by atoms with van der Waals surface area (Å²) in [5.74, 6) is -2.08. The summed E-state index contributed by atoms with van der Waals surface area (Å²) in [6.45, 7) is 3.58. The maximum absolute atomic E-state index is 12.8. The predicted octanol–water partition coefficient (Wildman–Crippen LogP) is 10.7.